The molecule has 9 nitrogen and oxygen atoms in total. The second-order valence-electron chi connectivity index (χ2n) is 9.63. The van der Waals surface area contributed by atoms with Gasteiger partial charge in [0.25, 0.3) is 0 Å². The lowest BCUT2D eigenvalue weighted by atomic mass is 9.87. The minimum absolute atomic E-state index is 0.0176. The van der Waals surface area contributed by atoms with E-state index in [1.165, 1.54) is 11.0 Å². The number of halogens is 5. The number of carbonyl (C=O) groups excluding carboxylic acids is 2. The van der Waals surface area contributed by atoms with Crippen molar-refractivity contribution in [3.05, 3.63) is 40.9 Å². The summed E-state index contributed by atoms with van der Waals surface area (Å²) in [5.41, 5.74) is 4.75. The number of rotatable bonds is 5. The Morgan fingerprint density at radius 3 is 2.61 bits per heavy atom. The van der Waals surface area contributed by atoms with E-state index in [0.29, 0.717) is 32.4 Å². The molecule has 2 aromatic rings. The van der Waals surface area contributed by atoms with E-state index < -0.39 is 35.6 Å². The molecule has 2 saturated heterocycles. The van der Waals surface area contributed by atoms with Gasteiger partial charge < -0.3 is 25.8 Å². The van der Waals surface area contributed by atoms with Crippen molar-refractivity contribution in [1.29, 1.82) is 0 Å². The van der Waals surface area contributed by atoms with Crippen LogP contribution in [0.5, 0.6) is 0 Å². The van der Waals surface area contributed by atoms with Gasteiger partial charge in [0.2, 0.25) is 17.6 Å². The highest BCUT2D eigenvalue weighted by atomic mass is 35.5. The molecule has 1 aromatic carbocycles. The number of nitrogens with one attached hydrogen (secondary N) is 1. The molecule has 0 radical (unpaired) electrons. The third-order valence-electron chi connectivity index (χ3n) is 6.88. The number of carbonyl (C=O) groups is 2. The monoisotopic (exact) mass is 557 g/mol. The smallest absolute Gasteiger partial charge is 0.381 e. The second-order valence-corrected chi connectivity index (χ2v) is 10.1. The molecule has 206 valence electrons. The minimum atomic E-state index is -4.60. The fourth-order valence-corrected chi connectivity index (χ4v) is 5.29. The van der Waals surface area contributed by atoms with Crippen molar-refractivity contribution in [3.63, 3.8) is 0 Å². The molecule has 14 heteroatoms. The fourth-order valence-electron chi connectivity index (χ4n) is 5.05. The number of nitrogens with zero attached hydrogens (tertiary/aromatic N) is 5. The molecule has 3 N–H and O–H groups in total. The SMILES string of the molecule is CN(C)C(=O)[C@@H]1CCN(c2ncnc(N)c2F)C[C@H]1N1CCC[C@@H](Nc2cc(Cl)cc(C(F)(F)F)c2)C1=O. The molecule has 3 atom stereocenters. The van der Waals surface area contributed by atoms with Crippen molar-refractivity contribution in [3.8, 4) is 0 Å². The molecule has 0 unspecified atom stereocenters. The van der Waals surface area contributed by atoms with Crippen LogP contribution in [0.2, 0.25) is 5.02 Å². The Morgan fingerprint density at radius 1 is 1.18 bits per heavy atom. The van der Waals surface area contributed by atoms with E-state index in [9.17, 15) is 27.2 Å². The van der Waals surface area contributed by atoms with Crippen molar-refractivity contribution in [2.45, 2.75) is 37.5 Å². The van der Waals surface area contributed by atoms with Gasteiger partial charge in [-0.3, -0.25) is 9.59 Å². The minimum Gasteiger partial charge on any atom is -0.381 e. The van der Waals surface area contributed by atoms with E-state index in [2.05, 4.69) is 15.3 Å². The number of hydrogen-bond donors (Lipinski definition) is 2. The summed E-state index contributed by atoms with van der Waals surface area (Å²) in [6.07, 6.45) is -2.20. The Morgan fingerprint density at radius 2 is 1.92 bits per heavy atom. The van der Waals surface area contributed by atoms with E-state index in [1.807, 2.05) is 0 Å². The summed E-state index contributed by atoms with van der Waals surface area (Å²) in [7, 11) is 3.24. The number of anilines is 3. The van der Waals surface area contributed by atoms with Crippen LogP contribution in [0.4, 0.5) is 34.9 Å². The fraction of sp³-hybridized carbons (Fsp3) is 0.500. The molecular weight excluding hydrogens is 530 g/mol. The second kappa shape index (κ2) is 10.8. The average Bonchev–Trinajstić information content (AvgIpc) is 2.85. The highest BCUT2D eigenvalue weighted by Crippen LogP contribution is 2.35. The molecule has 2 fully saturated rings. The predicted octanol–water partition coefficient (Wildman–Crippen LogP) is 3.26. The van der Waals surface area contributed by atoms with E-state index >= 15 is 0 Å². The molecule has 0 bridgehead atoms. The van der Waals surface area contributed by atoms with Gasteiger partial charge in [-0.25, -0.2) is 9.97 Å². The van der Waals surface area contributed by atoms with E-state index in [-0.39, 0.29) is 40.7 Å². The first-order chi connectivity index (χ1) is 17.9. The van der Waals surface area contributed by atoms with Gasteiger partial charge in [0, 0.05) is 44.4 Å². The summed E-state index contributed by atoms with van der Waals surface area (Å²) in [5.74, 6) is -2.21. The zero-order chi connectivity index (χ0) is 27.8. The standard InChI is InChI=1S/C24H28ClF4N7O2/c1-34(2)22(37)16-5-7-35(21-19(26)20(30)31-12-32-21)11-18(16)36-6-3-4-17(23(36)38)33-15-9-13(24(27,28)29)8-14(25)10-15/h8-10,12,16-18,33H,3-7,11H2,1-2H3,(H2,30,31,32)/t16-,17-,18-/m1/s1. The highest BCUT2D eigenvalue weighted by molar-refractivity contribution is 6.31. The first-order valence-electron chi connectivity index (χ1n) is 12.0. The Bertz CT molecular complexity index is 1210. The summed E-state index contributed by atoms with van der Waals surface area (Å²) < 4.78 is 54.5. The largest absolute Gasteiger partial charge is 0.416 e. The molecular formula is C24H28ClF4N7O2. The summed E-state index contributed by atoms with van der Waals surface area (Å²) in [4.78, 5) is 39.0. The van der Waals surface area contributed by atoms with Crippen LogP contribution in [-0.2, 0) is 15.8 Å². The number of aromatic nitrogens is 2. The molecule has 4 rings (SSSR count). The number of nitrogen functional groups attached to an aromatic ring is 1. The van der Waals surface area contributed by atoms with Crippen molar-refractivity contribution < 1.29 is 27.2 Å². The lowest BCUT2D eigenvalue weighted by Crippen LogP contribution is -2.62. The lowest BCUT2D eigenvalue weighted by Gasteiger charge is -2.47. The molecule has 2 amide bonds. The third kappa shape index (κ3) is 5.71. The van der Waals surface area contributed by atoms with Crippen LogP contribution in [0.25, 0.3) is 0 Å². The molecule has 38 heavy (non-hydrogen) atoms. The first kappa shape index (κ1) is 27.7. The molecule has 0 spiro atoms. The van der Waals surface area contributed by atoms with Crippen molar-refractivity contribution in [2.75, 3.05) is 49.7 Å². The quantitative estimate of drug-likeness (QED) is 0.543. The molecule has 0 saturated carbocycles. The topological polar surface area (TPSA) is 108 Å². The predicted molar refractivity (Wildman–Crippen MR) is 134 cm³/mol. The van der Waals surface area contributed by atoms with Crippen molar-refractivity contribution >= 4 is 40.7 Å². The maximum atomic E-state index is 14.7. The van der Waals surface area contributed by atoms with Crippen LogP contribution in [0.3, 0.4) is 0 Å². The van der Waals surface area contributed by atoms with Gasteiger partial charge in [0.05, 0.1) is 17.5 Å². The molecule has 0 aliphatic carbocycles. The first-order valence-corrected chi connectivity index (χ1v) is 12.4. The summed E-state index contributed by atoms with van der Waals surface area (Å²) in [6.45, 7) is 0.760. The molecule has 1 aromatic heterocycles. The van der Waals surface area contributed by atoms with E-state index in [1.54, 1.807) is 23.9 Å². The van der Waals surface area contributed by atoms with Gasteiger partial charge >= 0.3 is 6.18 Å². The van der Waals surface area contributed by atoms with Crippen LogP contribution < -0.4 is 16.0 Å². The summed E-state index contributed by atoms with van der Waals surface area (Å²) >= 11 is 5.91. The highest BCUT2D eigenvalue weighted by Gasteiger charge is 2.44. The Hall–Kier alpha value is -3.35. The van der Waals surface area contributed by atoms with Gasteiger partial charge in [-0.05, 0) is 37.5 Å². The Labute approximate surface area is 221 Å². The number of alkyl halides is 3. The van der Waals surface area contributed by atoms with Crippen molar-refractivity contribution in [1.82, 2.24) is 19.8 Å². The van der Waals surface area contributed by atoms with Gasteiger partial charge in [-0.1, -0.05) is 11.6 Å². The number of hydrogen-bond acceptors (Lipinski definition) is 7. The van der Waals surface area contributed by atoms with Gasteiger partial charge in [0.1, 0.15) is 12.4 Å². The van der Waals surface area contributed by atoms with Gasteiger partial charge in [-0.2, -0.15) is 17.6 Å². The normalized spacial score (nSPS) is 22.4. The van der Waals surface area contributed by atoms with E-state index in [0.717, 1.165) is 18.5 Å². The number of piperidine rings is 2. The summed E-state index contributed by atoms with van der Waals surface area (Å²) in [5, 5.41) is 2.78. The number of benzene rings is 1. The number of nitrogens with two attached hydrogens (primary N) is 1. The maximum absolute atomic E-state index is 14.7. The zero-order valence-electron chi connectivity index (χ0n) is 20.8. The summed E-state index contributed by atoms with van der Waals surface area (Å²) in [6, 6.07) is 1.58. The molecule has 2 aliphatic heterocycles. The van der Waals surface area contributed by atoms with Crippen LogP contribution in [0, 0.1) is 11.7 Å². The molecule has 2 aliphatic rings. The number of amides is 2. The Balaban J connectivity index is 1.61. The van der Waals surface area contributed by atoms with E-state index in [4.69, 9.17) is 17.3 Å². The third-order valence-corrected chi connectivity index (χ3v) is 7.10. The van der Waals surface area contributed by atoms with Crippen LogP contribution in [-0.4, -0.2) is 77.4 Å². The zero-order valence-corrected chi connectivity index (χ0v) is 21.6. The van der Waals surface area contributed by atoms with Crippen molar-refractivity contribution in [2.24, 2.45) is 5.92 Å². The lowest BCUT2D eigenvalue weighted by molar-refractivity contribution is -0.143. The number of likely N-dealkylation sites (tertiary alicyclic amines) is 1. The molecule has 3 heterocycles. The van der Waals surface area contributed by atoms with Crippen LogP contribution in [0.15, 0.2) is 24.5 Å². The maximum Gasteiger partial charge on any atom is 0.416 e. The van der Waals surface area contributed by atoms with Gasteiger partial charge in [-0.15, -0.1) is 0 Å². The van der Waals surface area contributed by atoms with Crippen LogP contribution >= 0.6 is 11.6 Å². The average molecular weight is 558 g/mol. The Kier molecular flexibility index (Phi) is 7.86. The van der Waals surface area contributed by atoms with Crippen LogP contribution in [0.1, 0.15) is 24.8 Å². The van der Waals surface area contributed by atoms with Gasteiger partial charge in [0.15, 0.2) is 11.6 Å².